The van der Waals surface area contributed by atoms with Crippen LogP contribution in [-0.2, 0) is 26.2 Å². The summed E-state index contributed by atoms with van der Waals surface area (Å²) < 4.78 is 32.3. The fourth-order valence-electron chi connectivity index (χ4n) is 4.32. The van der Waals surface area contributed by atoms with E-state index in [-0.39, 0.29) is 12.5 Å². The Kier molecular flexibility index (Phi) is 9.04. The first-order valence-electron chi connectivity index (χ1n) is 12.5. The summed E-state index contributed by atoms with van der Waals surface area (Å²) in [6.07, 6.45) is 1.44. The molecule has 0 saturated carbocycles. The summed E-state index contributed by atoms with van der Waals surface area (Å²) in [4.78, 5) is 28.7. The van der Waals surface area contributed by atoms with Crippen molar-refractivity contribution in [1.82, 2.24) is 10.2 Å². The third-order valence-electron chi connectivity index (χ3n) is 6.11. The van der Waals surface area contributed by atoms with E-state index in [9.17, 15) is 18.0 Å². The van der Waals surface area contributed by atoms with Crippen molar-refractivity contribution in [3.63, 3.8) is 0 Å². The number of nitrogens with zero attached hydrogens (tertiary/aromatic N) is 2. The molecular weight excluding hydrogens is 502 g/mol. The lowest BCUT2D eigenvalue weighted by atomic mass is 10.1. The molecule has 8 nitrogen and oxygen atoms in total. The van der Waals surface area contributed by atoms with Gasteiger partial charge in [-0.15, -0.1) is 0 Å². The van der Waals surface area contributed by atoms with E-state index in [1.165, 1.54) is 4.90 Å². The molecular formula is C29H37N3O5S. The number of hydrogen-bond donors (Lipinski definition) is 1. The maximum atomic E-state index is 13.9. The van der Waals surface area contributed by atoms with Gasteiger partial charge in [0.2, 0.25) is 21.8 Å². The summed E-state index contributed by atoms with van der Waals surface area (Å²) in [6, 6.07) is 19.2. The van der Waals surface area contributed by atoms with Crippen LogP contribution in [0.5, 0.6) is 5.75 Å². The zero-order chi connectivity index (χ0) is 28.1. The number of rotatable bonds is 10. The van der Waals surface area contributed by atoms with Crippen molar-refractivity contribution in [1.29, 1.82) is 0 Å². The second kappa shape index (κ2) is 11.9. The van der Waals surface area contributed by atoms with Crippen LogP contribution in [0.4, 0.5) is 5.69 Å². The van der Waals surface area contributed by atoms with Crippen LogP contribution in [0.15, 0.2) is 66.7 Å². The van der Waals surface area contributed by atoms with Crippen molar-refractivity contribution in [3.05, 3.63) is 72.3 Å². The van der Waals surface area contributed by atoms with E-state index in [4.69, 9.17) is 4.74 Å². The molecule has 0 heterocycles. The van der Waals surface area contributed by atoms with Crippen molar-refractivity contribution in [2.75, 3.05) is 24.2 Å². The molecule has 0 aliphatic heterocycles. The molecule has 0 bridgehead atoms. The van der Waals surface area contributed by atoms with Crippen molar-refractivity contribution >= 4 is 38.3 Å². The van der Waals surface area contributed by atoms with Gasteiger partial charge in [0.05, 0.1) is 19.1 Å². The minimum Gasteiger partial charge on any atom is -0.497 e. The lowest BCUT2D eigenvalue weighted by Crippen LogP contribution is -2.55. The molecule has 0 aliphatic rings. The highest BCUT2D eigenvalue weighted by atomic mass is 32.2. The molecule has 1 unspecified atom stereocenters. The van der Waals surface area contributed by atoms with Crippen molar-refractivity contribution in [3.8, 4) is 5.75 Å². The standard InChI is InChI=1S/C29H37N3O5S/c1-7-25(28(34)30-29(2,3)4)31(19-21-15-17-23(37-5)18-16-21)27(33)20-32(38(6,35)36)26-14-10-12-22-11-8-9-13-24(22)26/h8-18,25H,7,19-20H2,1-6H3,(H,30,34). The van der Waals surface area contributed by atoms with Gasteiger partial charge >= 0.3 is 0 Å². The molecule has 2 amide bonds. The van der Waals surface area contributed by atoms with Crippen LogP contribution in [0.25, 0.3) is 10.8 Å². The van der Waals surface area contributed by atoms with Gasteiger partial charge in [-0.2, -0.15) is 0 Å². The van der Waals surface area contributed by atoms with Gasteiger partial charge in [0.15, 0.2) is 0 Å². The second-order valence-corrected chi connectivity index (χ2v) is 12.2. The van der Waals surface area contributed by atoms with E-state index in [1.807, 2.05) is 70.2 Å². The first-order valence-corrected chi connectivity index (χ1v) is 14.4. The summed E-state index contributed by atoms with van der Waals surface area (Å²) >= 11 is 0. The van der Waals surface area contributed by atoms with Crippen molar-refractivity contribution in [2.45, 2.75) is 52.2 Å². The quantitative estimate of drug-likeness (QED) is 0.414. The highest BCUT2D eigenvalue weighted by Gasteiger charge is 2.33. The molecule has 9 heteroatoms. The largest absolute Gasteiger partial charge is 0.497 e. The molecule has 3 aromatic rings. The Balaban J connectivity index is 2.03. The number of amides is 2. The molecule has 0 saturated heterocycles. The molecule has 0 fully saturated rings. The summed E-state index contributed by atoms with van der Waals surface area (Å²) in [5, 5.41) is 4.54. The van der Waals surface area contributed by atoms with Crippen molar-refractivity contribution in [2.24, 2.45) is 0 Å². The number of carbonyl (C=O) groups is 2. The second-order valence-electron chi connectivity index (χ2n) is 10.3. The first-order chi connectivity index (χ1) is 17.8. The van der Waals surface area contributed by atoms with Gasteiger partial charge in [0.25, 0.3) is 0 Å². The highest BCUT2D eigenvalue weighted by Crippen LogP contribution is 2.29. The molecule has 204 valence electrons. The molecule has 0 aliphatic carbocycles. The summed E-state index contributed by atoms with van der Waals surface area (Å²) in [6.45, 7) is 7.14. The lowest BCUT2D eigenvalue weighted by molar-refractivity contribution is -0.141. The van der Waals surface area contributed by atoms with Gasteiger partial charge in [0, 0.05) is 17.5 Å². The summed E-state index contributed by atoms with van der Waals surface area (Å²) in [7, 11) is -2.26. The van der Waals surface area contributed by atoms with Gasteiger partial charge in [-0.3, -0.25) is 13.9 Å². The normalized spacial score (nSPS) is 12.6. The van der Waals surface area contributed by atoms with E-state index in [0.29, 0.717) is 23.2 Å². The fraction of sp³-hybridized carbons (Fsp3) is 0.379. The van der Waals surface area contributed by atoms with E-state index < -0.39 is 34.1 Å². The van der Waals surface area contributed by atoms with E-state index in [2.05, 4.69) is 5.32 Å². The summed E-state index contributed by atoms with van der Waals surface area (Å²) in [5.74, 6) is -0.101. The minimum absolute atomic E-state index is 0.131. The third kappa shape index (κ3) is 7.25. The average molecular weight is 540 g/mol. The maximum absolute atomic E-state index is 13.9. The summed E-state index contributed by atoms with van der Waals surface area (Å²) in [5.41, 5.74) is 0.703. The lowest BCUT2D eigenvalue weighted by Gasteiger charge is -2.34. The van der Waals surface area contributed by atoms with E-state index in [0.717, 1.165) is 21.5 Å². The zero-order valence-corrected chi connectivity index (χ0v) is 23.7. The molecule has 0 radical (unpaired) electrons. The first kappa shape index (κ1) is 29.0. The molecule has 0 spiro atoms. The van der Waals surface area contributed by atoms with Crippen LogP contribution in [0.1, 0.15) is 39.7 Å². The number of fused-ring (bicyclic) bond motifs is 1. The number of nitrogens with one attached hydrogen (secondary N) is 1. The predicted octanol–water partition coefficient (Wildman–Crippen LogP) is 4.34. The monoisotopic (exact) mass is 539 g/mol. The van der Waals surface area contributed by atoms with Gasteiger partial charge in [0.1, 0.15) is 18.3 Å². The van der Waals surface area contributed by atoms with Gasteiger partial charge in [-0.1, -0.05) is 55.5 Å². The van der Waals surface area contributed by atoms with Gasteiger partial charge in [-0.25, -0.2) is 8.42 Å². The third-order valence-corrected chi connectivity index (χ3v) is 7.24. The fourth-order valence-corrected chi connectivity index (χ4v) is 5.18. The van der Waals surface area contributed by atoms with Crippen LogP contribution in [0.3, 0.4) is 0 Å². The van der Waals surface area contributed by atoms with Crippen LogP contribution in [-0.4, -0.2) is 56.6 Å². The van der Waals surface area contributed by atoms with Crippen LogP contribution >= 0.6 is 0 Å². The number of sulfonamides is 1. The van der Waals surface area contributed by atoms with Crippen LogP contribution in [0.2, 0.25) is 0 Å². The van der Waals surface area contributed by atoms with Crippen molar-refractivity contribution < 1.29 is 22.7 Å². The topological polar surface area (TPSA) is 96.0 Å². The minimum atomic E-state index is -3.83. The predicted molar refractivity (Wildman–Crippen MR) is 152 cm³/mol. The zero-order valence-electron chi connectivity index (χ0n) is 22.9. The van der Waals surface area contributed by atoms with Gasteiger partial charge in [-0.05, 0) is 56.3 Å². The Labute approximate surface area is 225 Å². The van der Waals surface area contributed by atoms with E-state index >= 15 is 0 Å². The van der Waals surface area contributed by atoms with E-state index in [1.54, 1.807) is 31.4 Å². The number of anilines is 1. The number of benzene rings is 3. The Morgan fingerprint density at radius 3 is 2.18 bits per heavy atom. The Hall–Kier alpha value is -3.59. The number of hydrogen-bond acceptors (Lipinski definition) is 5. The molecule has 3 rings (SSSR count). The van der Waals surface area contributed by atoms with Crippen LogP contribution < -0.4 is 14.4 Å². The molecule has 3 aromatic carbocycles. The Bertz CT molecular complexity index is 1380. The Morgan fingerprint density at radius 1 is 0.974 bits per heavy atom. The number of methoxy groups -OCH3 is 1. The number of carbonyl (C=O) groups excluding carboxylic acids is 2. The molecule has 1 atom stereocenters. The molecule has 38 heavy (non-hydrogen) atoms. The maximum Gasteiger partial charge on any atom is 0.244 e. The Morgan fingerprint density at radius 2 is 1.61 bits per heavy atom. The smallest absolute Gasteiger partial charge is 0.244 e. The average Bonchev–Trinajstić information content (AvgIpc) is 2.85. The highest BCUT2D eigenvalue weighted by molar-refractivity contribution is 7.92. The molecule has 0 aromatic heterocycles. The number of ether oxygens (including phenoxy) is 1. The molecule has 1 N–H and O–H groups in total. The van der Waals surface area contributed by atoms with Gasteiger partial charge < -0.3 is 15.0 Å². The SMILES string of the molecule is CCC(C(=O)NC(C)(C)C)N(Cc1ccc(OC)cc1)C(=O)CN(c1cccc2ccccc12)S(C)(=O)=O. The van der Waals surface area contributed by atoms with Crippen LogP contribution in [0, 0.1) is 0 Å².